The lowest BCUT2D eigenvalue weighted by Crippen LogP contribution is -2.44. The smallest absolute Gasteiger partial charge is 0.338 e. The number of H-pyrrole nitrogens is 1. The zero-order valence-electron chi connectivity index (χ0n) is 13.3. The van der Waals surface area contributed by atoms with E-state index in [9.17, 15) is 19.5 Å². The lowest BCUT2D eigenvalue weighted by molar-refractivity contribution is -0.162. The molecule has 0 radical (unpaired) electrons. The van der Waals surface area contributed by atoms with Crippen LogP contribution in [0, 0.1) is 0 Å². The van der Waals surface area contributed by atoms with E-state index in [1.807, 2.05) is 0 Å². The van der Waals surface area contributed by atoms with Gasteiger partial charge in [0.2, 0.25) is 0 Å². The van der Waals surface area contributed by atoms with E-state index in [4.69, 9.17) is 9.47 Å². The highest BCUT2D eigenvalue weighted by molar-refractivity contribution is 5.89. The van der Waals surface area contributed by atoms with Crippen molar-refractivity contribution in [1.82, 2.24) is 9.55 Å². The highest BCUT2D eigenvalue weighted by Gasteiger charge is 2.34. The van der Waals surface area contributed by atoms with Crippen LogP contribution in [0.15, 0.2) is 52.2 Å². The summed E-state index contributed by atoms with van der Waals surface area (Å²) in [6.07, 6.45) is 0.136. The Morgan fingerprint density at radius 3 is 2.68 bits per heavy atom. The minimum absolute atomic E-state index is 0.360. The van der Waals surface area contributed by atoms with Gasteiger partial charge in [-0.3, -0.25) is 14.3 Å². The Bertz CT molecular complexity index is 844. The van der Waals surface area contributed by atoms with Gasteiger partial charge < -0.3 is 14.6 Å². The van der Waals surface area contributed by atoms with Gasteiger partial charge >= 0.3 is 11.7 Å². The molecule has 3 unspecified atom stereocenters. The molecule has 25 heavy (non-hydrogen) atoms. The maximum atomic E-state index is 12.2. The Morgan fingerprint density at radius 1 is 1.24 bits per heavy atom. The van der Waals surface area contributed by atoms with Crippen molar-refractivity contribution in [3.8, 4) is 0 Å². The molecule has 3 atom stereocenters. The predicted octanol–water partition coefficient (Wildman–Crippen LogP) is 0.432. The van der Waals surface area contributed by atoms with E-state index >= 15 is 0 Å². The normalized spacial score (nSPS) is 23.2. The minimum Gasteiger partial charge on any atom is -0.456 e. The van der Waals surface area contributed by atoms with Crippen molar-refractivity contribution in [3.05, 3.63) is 69.0 Å². The maximum Gasteiger partial charge on any atom is 0.338 e. The maximum absolute atomic E-state index is 12.2. The molecule has 3 rings (SSSR count). The van der Waals surface area contributed by atoms with Crippen LogP contribution < -0.4 is 11.2 Å². The quantitative estimate of drug-likeness (QED) is 0.777. The Balaban J connectivity index is 1.70. The number of aliphatic hydroxyl groups excluding tert-OH is 1. The number of aromatic amines is 1. The molecule has 1 aliphatic rings. The third-order valence-corrected chi connectivity index (χ3v) is 4.05. The van der Waals surface area contributed by atoms with Gasteiger partial charge in [0.15, 0.2) is 0 Å². The molecule has 2 N–H and O–H groups in total. The summed E-state index contributed by atoms with van der Waals surface area (Å²) in [5, 5.41) is 9.56. The second-order valence-corrected chi connectivity index (χ2v) is 5.72. The van der Waals surface area contributed by atoms with Crippen LogP contribution in [0.5, 0.6) is 0 Å². The van der Waals surface area contributed by atoms with Crippen LogP contribution in [-0.2, 0) is 9.47 Å². The molecule has 1 fully saturated rings. The van der Waals surface area contributed by atoms with Gasteiger partial charge in [-0.05, 0) is 25.0 Å². The first-order chi connectivity index (χ1) is 12.1. The van der Waals surface area contributed by atoms with Gasteiger partial charge in [-0.25, -0.2) is 9.59 Å². The van der Waals surface area contributed by atoms with Crippen molar-refractivity contribution in [2.24, 2.45) is 0 Å². The molecular weight excluding hydrogens is 328 g/mol. The third kappa shape index (κ3) is 3.86. The van der Waals surface area contributed by atoms with E-state index < -0.39 is 35.7 Å². The number of aromatic nitrogens is 2. The van der Waals surface area contributed by atoms with Crippen molar-refractivity contribution in [3.63, 3.8) is 0 Å². The number of aliphatic hydroxyl groups is 1. The van der Waals surface area contributed by atoms with Crippen molar-refractivity contribution >= 4 is 5.97 Å². The first-order valence-electron chi connectivity index (χ1n) is 7.92. The van der Waals surface area contributed by atoms with Gasteiger partial charge in [0.25, 0.3) is 5.56 Å². The van der Waals surface area contributed by atoms with Gasteiger partial charge in [0.05, 0.1) is 12.2 Å². The minimum atomic E-state index is -0.759. The van der Waals surface area contributed by atoms with Gasteiger partial charge in [-0.2, -0.15) is 0 Å². The van der Waals surface area contributed by atoms with E-state index in [-0.39, 0.29) is 6.61 Å². The number of nitrogens with one attached hydrogen (secondary N) is 1. The summed E-state index contributed by atoms with van der Waals surface area (Å²) in [6, 6.07) is 9.77. The Hall–Kier alpha value is -2.71. The number of ether oxygens (including phenoxy) is 2. The molecular formula is C17H18N2O6. The number of esters is 1. The Kier molecular flexibility index (Phi) is 5.11. The topological polar surface area (TPSA) is 111 Å². The Morgan fingerprint density at radius 2 is 2.00 bits per heavy atom. The summed E-state index contributed by atoms with van der Waals surface area (Å²) in [5.41, 5.74) is -0.669. The fourth-order valence-corrected chi connectivity index (χ4v) is 2.78. The number of nitrogens with zero attached hydrogens (tertiary/aromatic N) is 1. The highest BCUT2D eigenvalue weighted by Crippen LogP contribution is 2.28. The molecule has 1 aromatic carbocycles. The predicted molar refractivity (Wildman–Crippen MR) is 87.2 cm³/mol. The summed E-state index contributed by atoms with van der Waals surface area (Å²) in [5.74, 6) is -0.493. The summed E-state index contributed by atoms with van der Waals surface area (Å²) >= 11 is 0. The summed E-state index contributed by atoms with van der Waals surface area (Å²) < 4.78 is 12.4. The molecule has 1 aromatic heterocycles. The van der Waals surface area contributed by atoms with E-state index in [0.29, 0.717) is 18.4 Å². The zero-order valence-corrected chi connectivity index (χ0v) is 13.3. The number of hydrogen-bond acceptors (Lipinski definition) is 6. The molecule has 8 nitrogen and oxygen atoms in total. The first-order valence-corrected chi connectivity index (χ1v) is 7.92. The molecule has 0 saturated carbocycles. The van der Waals surface area contributed by atoms with Gasteiger partial charge in [0, 0.05) is 12.3 Å². The van der Waals surface area contributed by atoms with Gasteiger partial charge in [0.1, 0.15) is 18.4 Å². The number of carbonyl (C=O) groups excluding carboxylic acids is 1. The molecule has 1 aliphatic heterocycles. The molecule has 2 aromatic rings. The van der Waals surface area contributed by atoms with Crippen molar-refractivity contribution in [1.29, 1.82) is 0 Å². The second kappa shape index (κ2) is 7.45. The van der Waals surface area contributed by atoms with Crippen LogP contribution in [0.3, 0.4) is 0 Å². The number of benzene rings is 1. The molecule has 1 saturated heterocycles. The average Bonchev–Trinajstić information content (AvgIpc) is 2.63. The third-order valence-electron chi connectivity index (χ3n) is 4.05. The van der Waals surface area contributed by atoms with Crippen molar-refractivity contribution in [2.75, 3.05) is 6.61 Å². The second-order valence-electron chi connectivity index (χ2n) is 5.72. The van der Waals surface area contributed by atoms with Crippen molar-refractivity contribution in [2.45, 2.75) is 31.3 Å². The molecule has 0 spiro atoms. The number of carbonyl (C=O) groups is 1. The summed E-state index contributed by atoms with van der Waals surface area (Å²) in [7, 11) is 0. The average molecular weight is 346 g/mol. The SMILES string of the molecule is O=C(OC1CCC(n2ccc(=O)[nH]c2=O)OC1CO)c1ccccc1. The van der Waals surface area contributed by atoms with Gasteiger partial charge in [-0.1, -0.05) is 18.2 Å². The molecule has 0 aliphatic carbocycles. The zero-order chi connectivity index (χ0) is 17.8. The molecule has 0 amide bonds. The standard InChI is InChI=1S/C17H18N2O6/c20-10-13-12(25-16(22)11-4-2-1-3-5-11)6-7-15(24-13)19-9-8-14(21)18-17(19)23/h1-5,8-9,12-13,15,20H,6-7,10H2,(H,18,21,23). The fraction of sp³-hybridized carbons (Fsp3) is 0.353. The number of hydrogen-bond donors (Lipinski definition) is 2. The monoisotopic (exact) mass is 346 g/mol. The Labute approximate surface area is 142 Å². The van der Waals surface area contributed by atoms with Crippen LogP contribution in [0.2, 0.25) is 0 Å². The summed E-state index contributed by atoms with van der Waals surface area (Å²) in [4.78, 5) is 37.3. The van der Waals surface area contributed by atoms with Crippen LogP contribution >= 0.6 is 0 Å². The van der Waals surface area contributed by atoms with E-state index in [0.717, 1.165) is 0 Å². The van der Waals surface area contributed by atoms with E-state index in [1.165, 1.54) is 16.8 Å². The van der Waals surface area contributed by atoms with Crippen LogP contribution in [0.4, 0.5) is 0 Å². The molecule has 132 valence electrons. The first kappa shape index (κ1) is 17.1. The van der Waals surface area contributed by atoms with E-state index in [1.54, 1.807) is 30.3 Å². The lowest BCUT2D eigenvalue weighted by atomic mass is 10.0. The van der Waals surface area contributed by atoms with E-state index in [2.05, 4.69) is 4.98 Å². The highest BCUT2D eigenvalue weighted by atomic mass is 16.6. The summed E-state index contributed by atoms with van der Waals surface area (Å²) in [6.45, 7) is -0.360. The largest absolute Gasteiger partial charge is 0.456 e. The fourth-order valence-electron chi connectivity index (χ4n) is 2.78. The molecule has 8 heteroatoms. The van der Waals surface area contributed by atoms with Crippen LogP contribution in [-0.4, -0.2) is 39.4 Å². The van der Waals surface area contributed by atoms with Gasteiger partial charge in [-0.15, -0.1) is 0 Å². The molecule has 0 bridgehead atoms. The lowest BCUT2D eigenvalue weighted by Gasteiger charge is -2.35. The molecule has 2 heterocycles. The van der Waals surface area contributed by atoms with Crippen LogP contribution in [0.25, 0.3) is 0 Å². The number of rotatable bonds is 4. The van der Waals surface area contributed by atoms with Crippen LogP contribution in [0.1, 0.15) is 29.4 Å². The van der Waals surface area contributed by atoms with Crippen molar-refractivity contribution < 1.29 is 19.4 Å².